The third-order valence-corrected chi connectivity index (χ3v) is 5.67. The van der Waals surface area contributed by atoms with Crippen LogP contribution in [-0.4, -0.2) is 13.7 Å². The molecule has 3 aromatic carbocycles. The average Bonchev–Trinajstić information content (AvgIpc) is 3.07. The van der Waals surface area contributed by atoms with Crippen LogP contribution in [0.25, 0.3) is 11.1 Å². The Hall–Kier alpha value is -3.11. The fourth-order valence-corrected chi connectivity index (χ4v) is 3.80. The first kappa shape index (κ1) is 48.3. The minimum atomic E-state index is 0. The number of ether oxygens (including phenoxy) is 1. The van der Waals surface area contributed by atoms with E-state index in [-0.39, 0.29) is 31.1 Å². The molecule has 1 aliphatic rings. The number of benzene rings is 3. The average molecular weight is 861 g/mol. The number of hydrogen-bond donors (Lipinski definition) is 2. The summed E-state index contributed by atoms with van der Waals surface area (Å²) >= 11 is 0. The van der Waals surface area contributed by atoms with Gasteiger partial charge in [0.15, 0.2) is 0 Å². The number of nitrogens with two attached hydrogens (primary N) is 1. The minimum absolute atomic E-state index is 0. The summed E-state index contributed by atoms with van der Waals surface area (Å²) in [6.07, 6.45) is 18.1. The first-order valence-electron chi connectivity index (χ1n) is 16.6. The Morgan fingerprint density at radius 1 is 0.872 bits per heavy atom. The first-order valence-corrected chi connectivity index (χ1v) is 16.6. The van der Waals surface area contributed by atoms with E-state index in [1.165, 1.54) is 34.3 Å². The van der Waals surface area contributed by atoms with E-state index in [4.69, 9.17) is 10.5 Å². The number of anilines is 2. The smallest absolute Gasteiger partial charge is 0.493 e. The van der Waals surface area contributed by atoms with E-state index in [0.717, 1.165) is 36.6 Å². The summed E-state index contributed by atoms with van der Waals surface area (Å²) in [7, 11) is 1.88. The van der Waals surface area contributed by atoms with Crippen molar-refractivity contribution < 1.29 is 35.9 Å². The Bertz CT molecular complexity index is 1250. The molecule has 0 aromatic heterocycles. The number of rotatable bonds is 7. The summed E-state index contributed by atoms with van der Waals surface area (Å²) in [4.78, 5) is 0. The third kappa shape index (κ3) is 23.0. The van der Waals surface area contributed by atoms with Crippen LogP contribution in [0.3, 0.4) is 0 Å². The monoisotopic (exact) mass is 861 g/mol. The van der Waals surface area contributed by atoms with Gasteiger partial charge < -0.3 is 22.7 Å². The van der Waals surface area contributed by atoms with Gasteiger partial charge in [-0.05, 0) is 71.9 Å². The Kier molecular flexibility index (Phi) is 32.4. The molecule has 3 N–H and O–H groups in total. The van der Waals surface area contributed by atoms with Gasteiger partial charge in [-0.3, -0.25) is 0 Å². The van der Waals surface area contributed by atoms with E-state index in [1.807, 2.05) is 57.3 Å². The second kappa shape index (κ2) is 31.5. The molecule has 0 bridgehead atoms. The van der Waals surface area contributed by atoms with Gasteiger partial charge in [-0.2, -0.15) is 36.2 Å². The van der Waals surface area contributed by atoms with E-state index in [1.54, 1.807) is 0 Å². The molecule has 0 saturated heterocycles. The summed E-state index contributed by atoms with van der Waals surface area (Å²) in [6.45, 7) is 23.3. The van der Waals surface area contributed by atoms with Gasteiger partial charge in [0.1, 0.15) is 5.75 Å². The Morgan fingerprint density at radius 2 is 1.38 bits per heavy atom. The van der Waals surface area contributed by atoms with Gasteiger partial charge >= 0.3 is 31.1 Å². The molecule has 0 spiro atoms. The number of terminal acetylenes is 1. The van der Waals surface area contributed by atoms with Crippen molar-refractivity contribution >= 4 is 22.5 Å². The third-order valence-electron chi connectivity index (χ3n) is 5.67. The quantitative estimate of drug-likeness (QED) is 0.141. The zero-order valence-corrected chi connectivity index (χ0v) is 35.2. The maximum absolute atomic E-state index is 5.81. The first-order chi connectivity index (χ1) is 22.1. The topological polar surface area (TPSA) is 47.3 Å². The molecule has 1 aliphatic carbocycles. The van der Waals surface area contributed by atoms with Crippen LogP contribution in [0.5, 0.6) is 5.75 Å². The molecule has 0 heterocycles. The van der Waals surface area contributed by atoms with Crippen molar-refractivity contribution in [2.75, 3.05) is 24.7 Å². The van der Waals surface area contributed by atoms with Crippen molar-refractivity contribution in [3.8, 4) is 18.6 Å². The Morgan fingerprint density at radius 3 is 1.83 bits per heavy atom. The Labute approximate surface area is 314 Å². The number of nitrogen functional groups attached to an aromatic ring is 1. The van der Waals surface area contributed by atoms with Crippen molar-refractivity contribution in [1.82, 2.24) is 0 Å². The molecule has 3 nitrogen and oxygen atoms in total. The fourth-order valence-electron chi connectivity index (χ4n) is 3.80. The normalized spacial score (nSPS) is 11.8. The zero-order chi connectivity index (χ0) is 35.3. The van der Waals surface area contributed by atoms with E-state index in [0.29, 0.717) is 11.8 Å². The molecule has 0 amide bonds. The molecule has 0 unspecified atom stereocenters. The van der Waals surface area contributed by atoms with Crippen molar-refractivity contribution in [2.24, 2.45) is 11.8 Å². The standard InChI is InChI=1S/C25H27O.C7H10N2.C4H9.C3H8.C2H6.C2H2.U/c1-4-8-23-17-22(20-9-6-5-7-10-20)13-16-25(23)21-11-14-24(15-12-21)26-18-19(2)3;1-9-7-4-2-6(8)3-5-7;1-4(2)3;1-3-2;2*1-2;/h6-16,19H,4,17-18H2,1-3H3;2-5,9H,8H2,1H3;4H,1H2,2-3H3;3H2,1-2H3;1-2H3;1-2H;/q-1;;-1;;;;+2/b23-8-;;;;;;. The van der Waals surface area contributed by atoms with Crippen LogP contribution in [0, 0.1) is 68.8 Å². The Balaban J connectivity index is -0.000000761. The van der Waals surface area contributed by atoms with E-state index >= 15 is 0 Å². The summed E-state index contributed by atoms with van der Waals surface area (Å²) < 4.78 is 5.81. The molecule has 254 valence electrons. The molecule has 0 aliphatic heterocycles. The predicted octanol–water partition coefficient (Wildman–Crippen LogP) is 12.2. The van der Waals surface area contributed by atoms with Gasteiger partial charge in [0.25, 0.3) is 0 Å². The van der Waals surface area contributed by atoms with Gasteiger partial charge in [0, 0.05) is 18.4 Å². The summed E-state index contributed by atoms with van der Waals surface area (Å²) in [5.41, 5.74) is 13.9. The van der Waals surface area contributed by atoms with Gasteiger partial charge in [-0.25, -0.2) is 0 Å². The van der Waals surface area contributed by atoms with E-state index in [2.05, 4.69) is 134 Å². The maximum Gasteiger partial charge on any atom is 2.00 e. The SMILES string of the molecule is C#C.CC.CC/C=C1/CC(c2cc[c-]cc2)=CC=C1c1ccc(OCC(C)C)cc1.CCC.CNc1ccc(N)cc1.[CH2-]C(C)C.[U+2]. The zero-order valence-electron chi connectivity index (χ0n) is 31.0. The van der Waals surface area contributed by atoms with Crippen LogP contribution in [0.15, 0.2) is 96.6 Å². The molecule has 47 heavy (non-hydrogen) atoms. The molecule has 3 aromatic rings. The maximum atomic E-state index is 5.81. The number of nitrogens with one attached hydrogen (secondary N) is 1. The molecule has 0 atom stereocenters. The molecule has 4 rings (SSSR count). The molecule has 0 radical (unpaired) electrons. The van der Waals surface area contributed by atoms with Crippen LogP contribution in [0.4, 0.5) is 11.4 Å². The summed E-state index contributed by atoms with van der Waals surface area (Å²) in [6, 6.07) is 27.4. The minimum Gasteiger partial charge on any atom is -0.493 e. The van der Waals surface area contributed by atoms with Crippen LogP contribution in [-0.2, 0) is 0 Å². The largest absolute Gasteiger partial charge is 2.00 e. The van der Waals surface area contributed by atoms with Crippen molar-refractivity contribution in [1.29, 1.82) is 0 Å². The second-order valence-corrected chi connectivity index (χ2v) is 11.1. The van der Waals surface area contributed by atoms with Crippen LogP contribution in [0.2, 0.25) is 0 Å². The van der Waals surface area contributed by atoms with Crippen LogP contribution in [0.1, 0.15) is 92.7 Å². The van der Waals surface area contributed by atoms with E-state index < -0.39 is 0 Å². The summed E-state index contributed by atoms with van der Waals surface area (Å²) in [5, 5.41) is 3.00. The van der Waals surface area contributed by atoms with Crippen molar-refractivity contribution in [3.05, 3.63) is 121 Å². The number of hydrogen-bond acceptors (Lipinski definition) is 3. The van der Waals surface area contributed by atoms with Crippen LogP contribution >= 0.6 is 0 Å². The fraction of sp³-hybridized carbons (Fsp3) is 0.372. The molecule has 0 fully saturated rings. The molecule has 4 heteroatoms. The molecule has 0 saturated carbocycles. The van der Waals surface area contributed by atoms with Gasteiger partial charge in [0.05, 0.1) is 6.61 Å². The van der Waals surface area contributed by atoms with Crippen molar-refractivity contribution in [2.45, 2.75) is 81.6 Å². The second-order valence-electron chi connectivity index (χ2n) is 11.1. The van der Waals surface area contributed by atoms with E-state index in [9.17, 15) is 0 Å². The van der Waals surface area contributed by atoms with Gasteiger partial charge in [0.2, 0.25) is 0 Å². The predicted molar refractivity (Wildman–Crippen MR) is 209 cm³/mol. The molecular weight excluding hydrogens is 799 g/mol. The van der Waals surface area contributed by atoms with Crippen molar-refractivity contribution in [3.63, 3.8) is 0 Å². The molecular formula is C43H62N2OU. The summed E-state index contributed by atoms with van der Waals surface area (Å²) in [5.74, 6) is 2.06. The van der Waals surface area contributed by atoms with Crippen LogP contribution < -0.4 is 15.8 Å². The number of allylic oxidation sites excluding steroid dienone is 6. The van der Waals surface area contributed by atoms with Gasteiger partial charge in [-0.15, -0.1) is 18.4 Å². The van der Waals surface area contributed by atoms with Gasteiger partial charge in [-0.1, -0.05) is 105 Å².